The maximum Gasteiger partial charge on any atom is 0.145 e. The number of nitriles is 1. The summed E-state index contributed by atoms with van der Waals surface area (Å²) < 4.78 is 15.7. The second-order valence-corrected chi connectivity index (χ2v) is 17.2. The summed E-state index contributed by atoms with van der Waals surface area (Å²) in [7, 11) is 0.655. The molecular formula is C26H38N8O2Si. The molecule has 2 aliphatic heterocycles. The van der Waals surface area contributed by atoms with E-state index < -0.39 is 8.07 Å². The Morgan fingerprint density at radius 3 is 2.86 bits per heavy atom. The van der Waals surface area contributed by atoms with E-state index in [9.17, 15) is 5.26 Å². The van der Waals surface area contributed by atoms with Crippen molar-refractivity contribution < 1.29 is 9.47 Å². The quantitative estimate of drug-likeness (QED) is 0.320. The van der Waals surface area contributed by atoms with Crippen LogP contribution < -0.4 is 5.32 Å². The smallest absolute Gasteiger partial charge is 0.145 e. The number of rotatable bonds is 10. The number of hydrogen-bond acceptors (Lipinski definition) is 8. The maximum absolute atomic E-state index is 9.65. The highest BCUT2D eigenvalue weighted by Crippen LogP contribution is 2.37. The van der Waals surface area contributed by atoms with Crippen molar-refractivity contribution in [1.29, 1.82) is 5.26 Å². The van der Waals surface area contributed by atoms with Gasteiger partial charge in [0, 0.05) is 70.8 Å². The fourth-order valence-electron chi connectivity index (χ4n) is 5.49. The first-order chi connectivity index (χ1) is 17.8. The molecule has 0 bridgehead atoms. The lowest BCUT2D eigenvalue weighted by molar-refractivity contribution is -0.0836. The number of methoxy groups -OCH3 is 1. The van der Waals surface area contributed by atoms with Crippen molar-refractivity contribution >= 4 is 19.1 Å². The third kappa shape index (κ3) is 5.35. The Kier molecular flexibility index (Phi) is 7.47. The summed E-state index contributed by atoms with van der Waals surface area (Å²) in [5, 5.41) is 18.8. The molecule has 2 aliphatic rings. The highest BCUT2D eigenvalue weighted by Gasteiger charge is 2.49. The minimum Gasteiger partial charge on any atom is -0.378 e. The van der Waals surface area contributed by atoms with Crippen LogP contribution in [0.5, 0.6) is 0 Å². The normalized spacial score (nSPS) is 22.1. The van der Waals surface area contributed by atoms with Crippen LogP contribution in [0.2, 0.25) is 25.7 Å². The number of likely N-dealkylation sites (tertiary alicyclic amines) is 1. The summed E-state index contributed by atoms with van der Waals surface area (Å²) in [5.74, 6) is 0. The summed E-state index contributed by atoms with van der Waals surface area (Å²) in [6, 6.07) is 5.94. The lowest BCUT2D eigenvalue weighted by atomic mass is 9.83. The van der Waals surface area contributed by atoms with Crippen LogP contribution in [0.4, 0.5) is 0 Å². The van der Waals surface area contributed by atoms with Crippen LogP contribution in [0.3, 0.4) is 0 Å². The Bertz CT molecular complexity index is 1250. The molecule has 5 heterocycles. The molecule has 2 saturated heterocycles. The van der Waals surface area contributed by atoms with E-state index >= 15 is 0 Å². The van der Waals surface area contributed by atoms with Gasteiger partial charge in [-0.1, -0.05) is 19.6 Å². The van der Waals surface area contributed by atoms with Crippen molar-refractivity contribution in [3.8, 4) is 17.3 Å². The summed E-state index contributed by atoms with van der Waals surface area (Å²) in [6.45, 7) is 11.7. The average molecular weight is 523 g/mol. The molecule has 10 nitrogen and oxygen atoms in total. The first-order valence-corrected chi connectivity index (χ1v) is 16.8. The predicted molar refractivity (Wildman–Crippen MR) is 145 cm³/mol. The van der Waals surface area contributed by atoms with Gasteiger partial charge in [0.1, 0.15) is 24.2 Å². The minimum absolute atomic E-state index is 0.167. The fraction of sp³-hybridized carbons (Fsp3) is 0.615. The van der Waals surface area contributed by atoms with E-state index in [1.807, 2.05) is 33.9 Å². The Labute approximate surface area is 219 Å². The number of nitrogens with one attached hydrogen (secondary N) is 1. The molecule has 2 unspecified atom stereocenters. The Morgan fingerprint density at radius 1 is 1.27 bits per heavy atom. The Morgan fingerprint density at radius 2 is 2.11 bits per heavy atom. The second-order valence-electron chi connectivity index (χ2n) is 11.6. The average Bonchev–Trinajstić information content (AvgIpc) is 3.51. The van der Waals surface area contributed by atoms with E-state index in [1.165, 1.54) is 0 Å². The van der Waals surface area contributed by atoms with Gasteiger partial charge < -0.3 is 19.4 Å². The van der Waals surface area contributed by atoms with E-state index in [2.05, 4.69) is 45.9 Å². The van der Waals surface area contributed by atoms with Gasteiger partial charge in [0.15, 0.2) is 0 Å². The highest BCUT2D eigenvalue weighted by molar-refractivity contribution is 6.76. The van der Waals surface area contributed by atoms with E-state index in [4.69, 9.17) is 14.6 Å². The van der Waals surface area contributed by atoms with Gasteiger partial charge in [0.2, 0.25) is 0 Å². The molecule has 0 radical (unpaired) electrons. The first-order valence-electron chi connectivity index (χ1n) is 13.1. The van der Waals surface area contributed by atoms with E-state index in [0.29, 0.717) is 19.2 Å². The van der Waals surface area contributed by atoms with Crippen LogP contribution in [-0.4, -0.2) is 89.3 Å². The van der Waals surface area contributed by atoms with Crippen molar-refractivity contribution in [3.05, 3.63) is 31.0 Å². The summed E-state index contributed by atoms with van der Waals surface area (Å²) >= 11 is 0. The Balaban J connectivity index is 1.32. The van der Waals surface area contributed by atoms with Gasteiger partial charge in [-0.05, 0) is 25.1 Å². The molecule has 0 aliphatic carbocycles. The third-order valence-electron chi connectivity index (χ3n) is 7.69. The van der Waals surface area contributed by atoms with Crippen LogP contribution in [0.25, 0.3) is 22.3 Å². The van der Waals surface area contributed by atoms with Gasteiger partial charge in [0.25, 0.3) is 0 Å². The molecule has 0 amide bonds. The molecule has 0 saturated carbocycles. The molecule has 5 rings (SSSR count). The van der Waals surface area contributed by atoms with Crippen molar-refractivity contribution in [1.82, 2.24) is 34.5 Å². The molecule has 37 heavy (non-hydrogen) atoms. The molecule has 3 aromatic rings. The van der Waals surface area contributed by atoms with E-state index in [-0.39, 0.29) is 11.6 Å². The highest BCUT2D eigenvalue weighted by atomic mass is 28.3. The van der Waals surface area contributed by atoms with Gasteiger partial charge >= 0.3 is 0 Å². The van der Waals surface area contributed by atoms with Gasteiger partial charge in [-0.15, -0.1) is 0 Å². The molecule has 0 aromatic carbocycles. The summed E-state index contributed by atoms with van der Waals surface area (Å²) in [4.78, 5) is 11.6. The third-order valence-corrected chi connectivity index (χ3v) is 9.40. The minimum atomic E-state index is -1.13. The number of piperidine rings is 1. The van der Waals surface area contributed by atoms with Crippen LogP contribution in [0.1, 0.15) is 12.8 Å². The SMILES string of the molecule is COC1CNCCC1N1CC(CC#N)(n2cc(-c3ncnc4c3ccn4COCC[Si](C)(C)C)cn2)C1. The zero-order valence-corrected chi connectivity index (χ0v) is 23.4. The summed E-state index contributed by atoms with van der Waals surface area (Å²) in [5.41, 5.74) is 2.29. The zero-order valence-electron chi connectivity index (χ0n) is 22.4. The molecule has 3 aromatic heterocycles. The van der Waals surface area contributed by atoms with Gasteiger partial charge in [0.05, 0.1) is 30.5 Å². The predicted octanol–water partition coefficient (Wildman–Crippen LogP) is 2.91. The van der Waals surface area contributed by atoms with Crippen LogP contribution >= 0.6 is 0 Å². The molecule has 11 heteroatoms. The first kappa shape index (κ1) is 26.0. The Hall–Kier alpha value is -2.62. The van der Waals surface area contributed by atoms with Gasteiger partial charge in [-0.25, -0.2) is 9.97 Å². The van der Waals surface area contributed by atoms with Crippen LogP contribution in [0.15, 0.2) is 31.0 Å². The van der Waals surface area contributed by atoms with Crippen molar-refractivity contribution in [2.24, 2.45) is 0 Å². The largest absolute Gasteiger partial charge is 0.378 e. The molecule has 0 spiro atoms. The molecule has 2 atom stereocenters. The van der Waals surface area contributed by atoms with E-state index in [0.717, 1.165) is 67.5 Å². The number of fused-ring (bicyclic) bond motifs is 1. The van der Waals surface area contributed by atoms with Crippen LogP contribution in [0, 0.1) is 11.3 Å². The number of nitrogens with zero attached hydrogens (tertiary/aromatic N) is 7. The number of aromatic nitrogens is 5. The van der Waals surface area contributed by atoms with Crippen LogP contribution in [-0.2, 0) is 21.7 Å². The molecule has 1 N–H and O–H groups in total. The van der Waals surface area contributed by atoms with Crippen molar-refractivity contribution in [2.75, 3.05) is 39.9 Å². The standard InChI is InChI=1S/C26H38N8O2Si/c1-35-23-14-28-9-5-22(23)33-16-26(17-33,7-8-27)34-15-20(13-31-34)24-21-6-10-32(25(21)30-18-29-24)19-36-11-12-37(2,3)4/h6,10,13,15,18,22-23,28H,5,7,9,11-12,14,16-17,19H2,1-4H3. The second kappa shape index (κ2) is 10.6. The fourth-order valence-corrected chi connectivity index (χ4v) is 6.24. The van der Waals surface area contributed by atoms with Crippen molar-refractivity contribution in [3.63, 3.8) is 0 Å². The topological polar surface area (TPSA) is 106 Å². The number of hydrogen-bond donors (Lipinski definition) is 1. The molecule has 2 fully saturated rings. The maximum atomic E-state index is 9.65. The lowest BCUT2D eigenvalue weighted by Crippen LogP contribution is -2.69. The van der Waals surface area contributed by atoms with Gasteiger partial charge in [-0.3, -0.25) is 9.58 Å². The van der Waals surface area contributed by atoms with E-state index in [1.54, 1.807) is 13.4 Å². The number of ether oxygens (including phenoxy) is 2. The molecular weight excluding hydrogens is 484 g/mol. The van der Waals surface area contributed by atoms with Gasteiger partial charge in [-0.2, -0.15) is 10.4 Å². The molecule has 198 valence electrons. The lowest BCUT2D eigenvalue weighted by Gasteiger charge is -2.54. The summed E-state index contributed by atoms with van der Waals surface area (Å²) in [6.07, 6.45) is 9.13. The zero-order chi connectivity index (χ0) is 26.0. The van der Waals surface area contributed by atoms with Crippen molar-refractivity contribution in [2.45, 2.75) is 62.9 Å². The monoisotopic (exact) mass is 522 g/mol.